The molecule has 0 aliphatic carbocycles. The van der Waals surface area contributed by atoms with Crippen LogP contribution in [0.25, 0.3) is 17.1 Å². The number of benzene rings is 1. The number of aromatic carboxylic acids is 1. The Morgan fingerprint density at radius 1 is 1.14 bits per heavy atom. The molecule has 2 heterocycles. The van der Waals surface area contributed by atoms with Crippen molar-refractivity contribution in [3.63, 3.8) is 0 Å². The molecule has 0 bridgehead atoms. The number of aromatic nitrogens is 4. The number of hydrogen-bond donors (Lipinski definition) is 1. The SMILES string of the molecule is Cc1ccc(-n2nnc(C(=O)O)c2-c2ccccn2)cc1. The van der Waals surface area contributed by atoms with Crippen LogP contribution in [-0.4, -0.2) is 31.1 Å². The molecule has 0 aliphatic heterocycles. The predicted octanol–water partition coefficient (Wildman–Crippen LogP) is 2.34. The number of carboxylic acid groups (broad SMARTS) is 1. The van der Waals surface area contributed by atoms with Crippen LogP contribution in [0.1, 0.15) is 16.1 Å². The number of nitrogens with zero attached hydrogens (tertiary/aromatic N) is 4. The highest BCUT2D eigenvalue weighted by molar-refractivity contribution is 5.92. The number of carboxylic acids is 1. The highest BCUT2D eigenvalue weighted by Crippen LogP contribution is 2.23. The zero-order valence-electron chi connectivity index (χ0n) is 11.3. The lowest BCUT2D eigenvalue weighted by atomic mass is 10.2. The molecule has 3 rings (SSSR count). The van der Waals surface area contributed by atoms with Crippen molar-refractivity contribution in [3.05, 3.63) is 59.9 Å². The van der Waals surface area contributed by atoms with Crippen LogP contribution in [0.5, 0.6) is 0 Å². The second-order valence-electron chi connectivity index (χ2n) is 4.55. The standard InChI is InChI=1S/C15H12N4O2/c1-10-5-7-11(8-6-10)19-14(12-4-2-3-9-16-12)13(15(20)21)17-18-19/h2-9H,1H3,(H,20,21). The first-order chi connectivity index (χ1) is 10.2. The first kappa shape index (κ1) is 13.0. The van der Waals surface area contributed by atoms with E-state index >= 15 is 0 Å². The number of rotatable bonds is 3. The summed E-state index contributed by atoms with van der Waals surface area (Å²) in [7, 11) is 0. The molecule has 0 atom stereocenters. The van der Waals surface area contributed by atoms with Gasteiger partial charge in [-0.1, -0.05) is 29.0 Å². The fraction of sp³-hybridized carbons (Fsp3) is 0.0667. The van der Waals surface area contributed by atoms with Crippen LogP contribution in [0.2, 0.25) is 0 Å². The van der Waals surface area contributed by atoms with Gasteiger partial charge in [0, 0.05) is 6.20 Å². The van der Waals surface area contributed by atoms with Crippen LogP contribution in [-0.2, 0) is 0 Å². The Morgan fingerprint density at radius 3 is 2.52 bits per heavy atom. The van der Waals surface area contributed by atoms with Crippen LogP contribution in [0.15, 0.2) is 48.7 Å². The summed E-state index contributed by atoms with van der Waals surface area (Å²) >= 11 is 0. The molecule has 1 aromatic carbocycles. The van der Waals surface area contributed by atoms with Crippen LogP contribution in [0, 0.1) is 6.92 Å². The zero-order valence-corrected chi connectivity index (χ0v) is 11.3. The van der Waals surface area contributed by atoms with Crippen molar-refractivity contribution in [2.75, 3.05) is 0 Å². The lowest BCUT2D eigenvalue weighted by Gasteiger charge is -2.06. The average Bonchev–Trinajstić information content (AvgIpc) is 2.94. The summed E-state index contributed by atoms with van der Waals surface area (Å²) in [6.45, 7) is 1.98. The van der Waals surface area contributed by atoms with E-state index in [4.69, 9.17) is 0 Å². The minimum atomic E-state index is -1.13. The van der Waals surface area contributed by atoms with Gasteiger partial charge in [-0.25, -0.2) is 9.48 Å². The lowest BCUT2D eigenvalue weighted by molar-refractivity contribution is 0.0691. The minimum Gasteiger partial charge on any atom is -0.476 e. The van der Waals surface area contributed by atoms with E-state index in [1.807, 2.05) is 31.2 Å². The molecule has 3 aromatic rings. The molecule has 0 radical (unpaired) electrons. The third-order valence-electron chi connectivity index (χ3n) is 3.06. The molecule has 0 spiro atoms. The molecule has 104 valence electrons. The van der Waals surface area contributed by atoms with Crippen molar-refractivity contribution >= 4 is 5.97 Å². The van der Waals surface area contributed by atoms with E-state index in [1.54, 1.807) is 24.4 Å². The maximum atomic E-state index is 11.4. The molecule has 0 unspecified atom stereocenters. The zero-order chi connectivity index (χ0) is 14.8. The maximum Gasteiger partial charge on any atom is 0.358 e. The van der Waals surface area contributed by atoms with Crippen LogP contribution >= 0.6 is 0 Å². The lowest BCUT2D eigenvalue weighted by Crippen LogP contribution is -2.04. The van der Waals surface area contributed by atoms with Gasteiger partial charge in [0.2, 0.25) is 0 Å². The average molecular weight is 280 g/mol. The largest absolute Gasteiger partial charge is 0.476 e. The second-order valence-corrected chi connectivity index (χ2v) is 4.55. The van der Waals surface area contributed by atoms with Crippen molar-refractivity contribution in [3.8, 4) is 17.1 Å². The van der Waals surface area contributed by atoms with E-state index in [0.717, 1.165) is 11.3 Å². The Balaban J connectivity index is 2.22. The molecular weight excluding hydrogens is 268 g/mol. The number of hydrogen-bond acceptors (Lipinski definition) is 4. The van der Waals surface area contributed by atoms with E-state index in [1.165, 1.54) is 4.68 Å². The van der Waals surface area contributed by atoms with Crippen molar-refractivity contribution in [2.24, 2.45) is 0 Å². The van der Waals surface area contributed by atoms with Crippen LogP contribution in [0.3, 0.4) is 0 Å². The van der Waals surface area contributed by atoms with Crippen molar-refractivity contribution in [2.45, 2.75) is 6.92 Å². The van der Waals surface area contributed by atoms with Crippen LogP contribution < -0.4 is 0 Å². The second kappa shape index (κ2) is 5.16. The third kappa shape index (κ3) is 2.38. The molecule has 0 aliphatic rings. The first-order valence-corrected chi connectivity index (χ1v) is 6.34. The van der Waals surface area contributed by atoms with Crippen molar-refractivity contribution in [1.82, 2.24) is 20.0 Å². The quantitative estimate of drug-likeness (QED) is 0.796. The molecule has 2 aromatic heterocycles. The van der Waals surface area contributed by atoms with E-state index in [2.05, 4.69) is 15.3 Å². The third-order valence-corrected chi connectivity index (χ3v) is 3.06. The molecule has 0 amide bonds. The van der Waals surface area contributed by atoms with Crippen molar-refractivity contribution in [1.29, 1.82) is 0 Å². The molecule has 0 fully saturated rings. The van der Waals surface area contributed by atoms with Gasteiger partial charge in [0.05, 0.1) is 11.4 Å². The predicted molar refractivity (Wildman–Crippen MR) is 76.3 cm³/mol. The molecule has 0 saturated heterocycles. The van der Waals surface area contributed by atoms with Gasteiger partial charge in [-0.15, -0.1) is 5.10 Å². The van der Waals surface area contributed by atoms with Gasteiger partial charge in [0.15, 0.2) is 5.69 Å². The van der Waals surface area contributed by atoms with E-state index in [0.29, 0.717) is 11.4 Å². The fourth-order valence-corrected chi connectivity index (χ4v) is 2.03. The van der Waals surface area contributed by atoms with Gasteiger partial charge >= 0.3 is 5.97 Å². The Kier molecular flexibility index (Phi) is 3.19. The van der Waals surface area contributed by atoms with Crippen molar-refractivity contribution < 1.29 is 9.90 Å². The summed E-state index contributed by atoms with van der Waals surface area (Å²) in [5, 5.41) is 17.0. The number of carbonyl (C=O) groups is 1. The summed E-state index contributed by atoms with van der Waals surface area (Å²) < 4.78 is 1.49. The summed E-state index contributed by atoms with van der Waals surface area (Å²) in [4.78, 5) is 15.6. The maximum absolute atomic E-state index is 11.4. The highest BCUT2D eigenvalue weighted by atomic mass is 16.4. The van der Waals surface area contributed by atoms with Gasteiger partial charge in [-0.2, -0.15) is 0 Å². The van der Waals surface area contributed by atoms with Gasteiger partial charge in [-0.05, 0) is 31.2 Å². The highest BCUT2D eigenvalue weighted by Gasteiger charge is 2.22. The summed E-state index contributed by atoms with van der Waals surface area (Å²) in [6.07, 6.45) is 1.60. The van der Waals surface area contributed by atoms with E-state index in [9.17, 15) is 9.90 Å². The smallest absolute Gasteiger partial charge is 0.358 e. The van der Waals surface area contributed by atoms with E-state index in [-0.39, 0.29) is 5.69 Å². The molecule has 21 heavy (non-hydrogen) atoms. The molecule has 6 nitrogen and oxygen atoms in total. The summed E-state index contributed by atoms with van der Waals surface area (Å²) in [5.74, 6) is -1.13. The minimum absolute atomic E-state index is 0.116. The monoisotopic (exact) mass is 280 g/mol. The van der Waals surface area contributed by atoms with Gasteiger partial charge in [0.25, 0.3) is 0 Å². The van der Waals surface area contributed by atoms with Crippen LogP contribution in [0.4, 0.5) is 0 Å². The molecule has 0 saturated carbocycles. The Bertz CT molecular complexity index is 779. The van der Waals surface area contributed by atoms with Gasteiger partial charge < -0.3 is 5.11 Å². The Morgan fingerprint density at radius 2 is 1.90 bits per heavy atom. The molecular formula is C15H12N4O2. The molecule has 1 N–H and O–H groups in total. The van der Waals surface area contributed by atoms with E-state index < -0.39 is 5.97 Å². The summed E-state index contributed by atoms with van der Waals surface area (Å²) in [6, 6.07) is 12.9. The Labute approximate surface area is 120 Å². The van der Waals surface area contributed by atoms with Gasteiger partial charge in [0.1, 0.15) is 5.69 Å². The first-order valence-electron chi connectivity index (χ1n) is 6.34. The molecule has 6 heteroatoms. The Hall–Kier alpha value is -3.02. The normalized spacial score (nSPS) is 10.5. The number of aryl methyl sites for hydroxylation is 1. The number of pyridine rings is 1. The fourth-order valence-electron chi connectivity index (χ4n) is 2.03. The van der Waals surface area contributed by atoms with Gasteiger partial charge in [-0.3, -0.25) is 4.98 Å². The topological polar surface area (TPSA) is 80.9 Å². The summed E-state index contributed by atoms with van der Waals surface area (Å²) in [5.41, 5.74) is 2.61.